The fraction of sp³-hybridized carbons (Fsp3) is 0.100. The smallest absolute Gasteiger partial charge is 0.270 e. The van der Waals surface area contributed by atoms with Crippen molar-refractivity contribution < 1.29 is 21.8 Å². The Bertz CT molecular complexity index is 1420. The van der Waals surface area contributed by atoms with Crippen molar-refractivity contribution in [2.24, 2.45) is 0 Å². The number of benzene rings is 3. The zero-order valence-corrected chi connectivity index (χ0v) is 19.3. The van der Waals surface area contributed by atoms with Crippen molar-refractivity contribution in [3.8, 4) is 0 Å². The first-order valence-corrected chi connectivity index (χ1v) is 12.4. The van der Waals surface area contributed by atoms with Crippen LogP contribution in [0.15, 0.2) is 70.5 Å². The van der Waals surface area contributed by atoms with E-state index in [0.29, 0.717) is 11.1 Å². The molecule has 3 aromatic rings. The molecule has 12 heteroatoms. The van der Waals surface area contributed by atoms with Gasteiger partial charge in [-0.25, -0.2) is 16.8 Å². The molecule has 0 atom stereocenters. The Labute approximate surface area is 190 Å². The lowest BCUT2D eigenvalue weighted by atomic mass is 10.2. The Morgan fingerprint density at radius 1 is 0.812 bits per heavy atom. The molecule has 168 valence electrons. The van der Waals surface area contributed by atoms with Crippen LogP contribution in [0.5, 0.6) is 0 Å². The molecule has 0 amide bonds. The Hall–Kier alpha value is -3.15. The van der Waals surface area contributed by atoms with E-state index in [1.807, 2.05) is 0 Å². The van der Waals surface area contributed by atoms with Crippen LogP contribution in [0.1, 0.15) is 11.1 Å². The van der Waals surface area contributed by atoms with Crippen LogP contribution < -0.4 is 9.44 Å². The Morgan fingerprint density at radius 3 is 2.00 bits per heavy atom. The summed E-state index contributed by atoms with van der Waals surface area (Å²) in [5.41, 5.74) is 0.433. The highest BCUT2D eigenvalue weighted by Crippen LogP contribution is 2.29. The summed E-state index contributed by atoms with van der Waals surface area (Å²) in [6.07, 6.45) is 0. The zero-order chi connectivity index (χ0) is 23.7. The molecule has 0 fully saturated rings. The van der Waals surface area contributed by atoms with Crippen LogP contribution in [0, 0.1) is 24.0 Å². The van der Waals surface area contributed by atoms with Gasteiger partial charge in [0.05, 0.1) is 31.1 Å². The van der Waals surface area contributed by atoms with Crippen molar-refractivity contribution in [3.05, 3.63) is 86.9 Å². The molecule has 0 bridgehead atoms. The number of halogens is 1. The fourth-order valence-corrected chi connectivity index (χ4v) is 5.80. The molecule has 9 nitrogen and oxygen atoms in total. The molecule has 3 rings (SSSR count). The van der Waals surface area contributed by atoms with Gasteiger partial charge in [0.15, 0.2) is 0 Å². The molecular formula is C20H18ClN3O6S2. The minimum atomic E-state index is -4.23. The van der Waals surface area contributed by atoms with Crippen LogP contribution in [0.4, 0.5) is 17.1 Å². The molecule has 0 radical (unpaired) electrons. The average Bonchev–Trinajstić information content (AvgIpc) is 2.70. The molecule has 0 aromatic heterocycles. The molecular weight excluding hydrogens is 478 g/mol. The zero-order valence-electron chi connectivity index (χ0n) is 16.9. The molecule has 0 saturated heterocycles. The number of nitro groups is 1. The van der Waals surface area contributed by atoms with E-state index in [0.717, 1.165) is 6.07 Å². The van der Waals surface area contributed by atoms with Gasteiger partial charge in [0, 0.05) is 12.1 Å². The van der Waals surface area contributed by atoms with Crippen molar-refractivity contribution in [3.63, 3.8) is 0 Å². The lowest BCUT2D eigenvalue weighted by molar-refractivity contribution is -0.385. The number of nitrogens with one attached hydrogen (secondary N) is 2. The highest BCUT2D eigenvalue weighted by molar-refractivity contribution is 7.93. The van der Waals surface area contributed by atoms with Crippen LogP contribution in [-0.2, 0) is 20.0 Å². The third kappa shape index (κ3) is 5.01. The van der Waals surface area contributed by atoms with Crippen LogP contribution in [-0.4, -0.2) is 21.8 Å². The molecule has 3 aromatic carbocycles. The van der Waals surface area contributed by atoms with Gasteiger partial charge in [-0.15, -0.1) is 0 Å². The Morgan fingerprint density at radius 2 is 1.38 bits per heavy atom. The maximum atomic E-state index is 12.9. The third-order valence-corrected chi connectivity index (χ3v) is 7.88. The molecule has 0 aliphatic heterocycles. The van der Waals surface area contributed by atoms with Gasteiger partial charge in [0.25, 0.3) is 25.7 Å². The number of hydrogen-bond acceptors (Lipinski definition) is 6. The van der Waals surface area contributed by atoms with Gasteiger partial charge in [-0.3, -0.25) is 19.6 Å². The minimum Gasteiger partial charge on any atom is -0.280 e. The van der Waals surface area contributed by atoms with E-state index >= 15 is 0 Å². The number of hydrogen-bond donors (Lipinski definition) is 2. The Kier molecular flexibility index (Phi) is 6.44. The van der Waals surface area contributed by atoms with Gasteiger partial charge >= 0.3 is 0 Å². The molecule has 2 N–H and O–H groups in total. The van der Waals surface area contributed by atoms with Crippen LogP contribution in [0.3, 0.4) is 0 Å². The van der Waals surface area contributed by atoms with E-state index in [4.69, 9.17) is 11.6 Å². The monoisotopic (exact) mass is 495 g/mol. The highest BCUT2D eigenvalue weighted by atomic mass is 35.5. The van der Waals surface area contributed by atoms with Crippen molar-refractivity contribution in [1.29, 1.82) is 0 Å². The van der Waals surface area contributed by atoms with Crippen LogP contribution in [0.25, 0.3) is 0 Å². The lowest BCUT2D eigenvalue weighted by Crippen LogP contribution is -2.17. The number of nitrogens with zero attached hydrogens (tertiary/aromatic N) is 1. The quantitative estimate of drug-likeness (QED) is 0.366. The molecule has 32 heavy (non-hydrogen) atoms. The van der Waals surface area contributed by atoms with E-state index in [2.05, 4.69) is 9.44 Å². The number of rotatable bonds is 7. The van der Waals surface area contributed by atoms with Gasteiger partial charge in [0.1, 0.15) is 0 Å². The summed E-state index contributed by atoms with van der Waals surface area (Å²) in [7, 11) is -8.33. The van der Waals surface area contributed by atoms with Crippen molar-refractivity contribution in [2.45, 2.75) is 23.6 Å². The van der Waals surface area contributed by atoms with Crippen LogP contribution in [0.2, 0.25) is 5.02 Å². The maximum Gasteiger partial charge on any atom is 0.270 e. The molecule has 0 unspecified atom stereocenters. The number of aryl methyl sites for hydroxylation is 2. The predicted molar refractivity (Wildman–Crippen MR) is 122 cm³/mol. The van der Waals surface area contributed by atoms with Gasteiger partial charge in [-0.2, -0.15) is 0 Å². The first-order valence-electron chi connectivity index (χ1n) is 9.06. The fourth-order valence-electron chi connectivity index (χ4n) is 2.90. The average molecular weight is 496 g/mol. The number of nitro benzene ring substituents is 1. The maximum absolute atomic E-state index is 12.9. The number of para-hydroxylation sites is 1. The van der Waals surface area contributed by atoms with Crippen molar-refractivity contribution >= 4 is 48.7 Å². The first-order chi connectivity index (χ1) is 14.9. The summed E-state index contributed by atoms with van der Waals surface area (Å²) < 4.78 is 56.2. The van der Waals surface area contributed by atoms with Gasteiger partial charge in [0.2, 0.25) is 0 Å². The third-order valence-electron chi connectivity index (χ3n) is 4.52. The van der Waals surface area contributed by atoms with Crippen molar-refractivity contribution in [1.82, 2.24) is 0 Å². The SMILES string of the molecule is Cc1ccc([N+](=O)[O-])cc1S(=O)(=O)Nc1ccc(C)c(S(=O)(=O)Nc2ccccc2Cl)c1. The summed E-state index contributed by atoms with van der Waals surface area (Å²) in [6.45, 7) is 3.06. The number of non-ortho nitro benzene ring substituents is 1. The summed E-state index contributed by atoms with van der Waals surface area (Å²) in [4.78, 5) is 9.88. The van der Waals surface area contributed by atoms with E-state index in [1.54, 1.807) is 19.1 Å². The highest BCUT2D eigenvalue weighted by Gasteiger charge is 2.23. The van der Waals surface area contributed by atoms with Crippen molar-refractivity contribution in [2.75, 3.05) is 9.44 Å². The van der Waals surface area contributed by atoms with Gasteiger partial charge in [-0.1, -0.05) is 35.9 Å². The summed E-state index contributed by atoms with van der Waals surface area (Å²) >= 11 is 6.03. The number of anilines is 2. The molecule has 0 heterocycles. The molecule has 0 aliphatic carbocycles. The molecule has 0 spiro atoms. The summed E-state index contributed by atoms with van der Waals surface area (Å²) in [5, 5.41) is 11.2. The largest absolute Gasteiger partial charge is 0.280 e. The Balaban J connectivity index is 1.98. The molecule has 0 saturated carbocycles. The van der Waals surface area contributed by atoms with E-state index < -0.39 is 25.0 Å². The number of sulfonamides is 2. The van der Waals surface area contributed by atoms with E-state index in [1.165, 1.54) is 49.4 Å². The summed E-state index contributed by atoms with van der Waals surface area (Å²) in [6, 6.07) is 13.8. The van der Waals surface area contributed by atoms with Crippen LogP contribution >= 0.6 is 11.6 Å². The van der Waals surface area contributed by atoms with Gasteiger partial charge < -0.3 is 0 Å². The van der Waals surface area contributed by atoms with E-state index in [9.17, 15) is 26.9 Å². The minimum absolute atomic E-state index is 0.0268. The van der Waals surface area contributed by atoms with E-state index in [-0.39, 0.29) is 31.9 Å². The lowest BCUT2D eigenvalue weighted by Gasteiger charge is -2.14. The predicted octanol–water partition coefficient (Wildman–Crippen LogP) is 4.47. The standard InChI is InChI=1S/C20H18ClN3O6S2/c1-13-7-9-15(11-19(13)32(29,30)23-18-6-4-3-5-17(18)21)22-31(27,28)20-12-16(24(25)26)10-8-14(20)2/h3-12,22-23H,1-2H3. The summed E-state index contributed by atoms with van der Waals surface area (Å²) in [5.74, 6) is 0. The normalized spacial score (nSPS) is 11.7. The molecule has 0 aliphatic rings. The second-order valence-electron chi connectivity index (χ2n) is 6.88. The second-order valence-corrected chi connectivity index (χ2v) is 10.6. The van der Waals surface area contributed by atoms with Gasteiger partial charge in [-0.05, 0) is 49.2 Å². The first kappa shape index (κ1) is 23.5. The topological polar surface area (TPSA) is 135 Å². The second kappa shape index (κ2) is 8.77.